The maximum Gasteiger partial charge on any atom is 0.403 e. The Hall–Kier alpha value is -3.99. The number of aliphatic hydroxyl groups is 1. The minimum absolute atomic E-state index is 0.122. The first-order valence-electron chi connectivity index (χ1n) is 16.0. The highest BCUT2D eigenvalue weighted by molar-refractivity contribution is 9.10. The molecule has 56 heavy (non-hydrogen) atoms. The number of hydrogen-bond donors (Lipinski definition) is 9. The third kappa shape index (κ3) is 7.22. The minimum atomic E-state index is -5.09. The van der Waals surface area contributed by atoms with E-state index in [2.05, 4.69) is 56.0 Å². The summed E-state index contributed by atoms with van der Waals surface area (Å²) in [6.45, 7) is -1.75. The molecule has 1 aromatic carbocycles. The molecule has 3 saturated heterocycles. The summed E-state index contributed by atoms with van der Waals surface area (Å²) in [4.78, 5) is 67.5. The molecule has 8 rings (SSSR count). The van der Waals surface area contributed by atoms with E-state index in [0.29, 0.717) is 4.47 Å². The number of imidazole rings is 2. The molecule has 11 N–H and O–H groups in total. The number of fused-ring (bicyclic) bond motifs is 4. The Balaban J connectivity index is 1.15. The van der Waals surface area contributed by atoms with Gasteiger partial charge in [0.2, 0.25) is 11.9 Å². The topological polar surface area (TPSA) is 378 Å². The number of nitrogen functional groups attached to an aromatic ring is 2. The van der Waals surface area contributed by atoms with Gasteiger partial charge in [-0.25, -0.2) is 29.3 Å². The highest BCUT2D eigenvalue weighted by atomic mass is 79.9. The van der Waals surface area contributed by atoms with Crippen molar-refractivity contribution in [2.45, 2.75) is 53.9 Å². The maximum absolute atomic E-state index is 13.8. The normalized spacial score (nSPS) is 32.9. The molecule has 3 aliphatic rings. The highest BCUT2D eigenvalue weighted by Gasteiger charge is 2.54. The van der Waals surface area contributed by atoms with Gasteiger partial charge >= 0.3 is 15.5 Å². The monoisotopic (exact) mass is 906 g/mol. The summed E-state index contributed by atoms with van der Waals surface area (Å²) in [5.74, 6) is -0.634. The van der Waals surface area contributed by atoms with Crippen molar-refractivity contribution in [2.24, 2.45) is 0 Å². The number of aliphatic hydroxyl groups excluding tert-OH is 1. The van der Waals surface area contributed by atoms with Gasteiger partial charge in [-0.2, -0.15) is 18.4 Å². The number of nitrogens with two attached hydrogens (primary N) is 2. The number of halogens is 1. The van der Waals surface area contributed by atoms with Crippen molar-refractivity contribution in [3.05, 3.63) is 62.1 Å². The molecule has 0 amide bonds. The lowest BCUT2D eigenvalue weighted by Gasteiger charge is -2.30. The van der Waals surface area contributed by atoms with E-state index in [4.69, 9.17) is 34.2 Å². The molecule has 0 aliphatic carbocycles. The summed E-state index contributed by atoms with van der Waals surface area (Å²) >= 11 is 3.22. The third-order valence-electron chi connectivity index (χ3n) is 8.97. The molecular weight excluding hydrogens is 878 g/mol. The minimum Gasteiger partial charge on any atom is -0.387 e. The molecule has 300 valence electrons. The number of hydrogen-bond acceptors (Lipinski definition) is 18. The van der Waals surface area contributed by atoms with Gasteiger partial charge in [-0.15, -0.1) is 0 Å². The molecule has 10 atom stereocenters. The molecule has 3 aliphatic heterocycles. The molecule has 26 nitrogen and oxygen atoms in total. The quantitative estimate of drug-likeness (QED) is 0.0699. The standard InChI is InChI=1S/C26H29BrN12O14P2S/c27-9-1-3-10(4-2-9)56(47,48)53-18-14-12(52-24(18)39-8-31-16-20(39)33-26(29)35-22(16)42)6-50-54(43,44)36-13-11(5-49-55(45,46)37-14)51-23(17(13)40)38-7-30-15-19(38)32-25(28)34-21(15)41/h1-4,7-8,11-14,17-18,23-24,40H,5-6H2,(H2,36,43,44)(H2,37,45,46)(H3,28,32,34,41)(H3,29,33,35,42)/t11-,12-,13-,14-,17-,18-,23-,24-/m1/s1. The van der Waals surface area contributed by atoms with E-state index in [-0.39, 0.29) is 39.1 Å². The SMILES string of the molecule is Nc1nc2c(ncn2[C@@H]2O[C@@H]3COP(=O)(O)N[C@H]4[C@@H](OS(=O)(=O)c5ccc(Br)cc5)[C@H](n5cnc6c(=O)[nH]c(N)nc65)O[C@@H]4COP(=O)(O)N[C@H]3[C@H]2O)c(=O)[nH]1. The van der Waals surface area contributed by atoms with Gasteiger partial charge in [-0.05, 0) is 24.3 Å². The van der Waals surface area contributed by atoms with E-state index in [9.17, 15) is 42.0 Å². The predicted molar refractivity (Wildman–Crippen MR) is 191 cm³/mol. The Labute approximate surface area is 319 Å². The van der Waals surface area contributed by atoms with E-state index in [1.54, 1.807) is 0 Å². The van der Waals surface area contributed by atoms with Gasteiger partial charge in [0.15, 0.2) is 34.8 Å². The number of nitrogens with one attached hydrogen (secondary N) is 4. The average molecular weight is 908 g/mol. The summed E-state index contributed by atoms with van der Waals surface area (Å²) in [6.07, 6.45) is -7.60. The van der Waals surface area contributed by atoms with Crippen molar-refractivity contribution in [3.8, 4) is 0 Å². The lowest BCUT2D eigenvalue weighted by molar-refractivity contribution is -0.0476. The van der Waals surface area contributed by atoms with Gasteiger partial charge in [0, 0.05) is 4.47 Å². The van der Waals surface area contributed by atoms with Crippen LogP contribution in [0.15, 0.2) is 55.9 Å². The molecule has 2 unspecified atom stereocenters. The smallest absolute Gasteiger partial charge is 0.387 e. The molecule has 0 spiro atoms. The van der Waals surface area contributed by atoms with E-state index in [0.717, 1.165) is 21.8 Å². The van der Waals surface area contributed by atoms with Crippen molar-refractivity contribution in [3.63, 3.8) is 0 Å². The first-order chi connectivity index (χ1) is 26.4. The van der Waals surface area contributed by atoms with Crippen LogP contribution in [0, 0.1) is 0 Å². The number of nitrogens with zero attached hydrogens (tertiary/aromatic N) is 6. The van der Waals surface area contributed by atoms with E-state index in [1.165, 1.54) is 24.3 Å². The van der Waals surface area contributed by atoms with Crippen molar-refractivity contribution < 1.29 is 55.1 Å². The first-order valence-corrected chi connectivity index (χ1v) is 21.4. The largest absolute Gasteiger partial charge is 0.403 e. The number of rotatable bonds is 5. The van der Waals surface area contributed by atoms with Gasteiger partial charge < -0.3 is 35.8 Å². The predicted octanol–water partition coefficient (Wildman–Crippen LogP) is -1.73. The molecule has 4 aromatic heterocycles. The number of H-pyrrole nitrogens is 2. The number of aromatic amines is 2. The molecule has 7 heterocycles. The molecule has 0 radical (unpaired) electrons. The average Bonchev–Trinajstić information content (AvgIpc) is 3.87. The summed E-state index contributed by atoms with van der Waals surface area (Å²) < 4.78 is 86.0. The second kappa shape index (κ2) is 14.1. The molecule has 5 aromatic rings. The number of ether oxygens (including phenoxy) is 2. The third-order valence-corrected chi connectivity index (χ3v) is 13.1. The van der Waals surface area contributed by atoms with Crippen molar-refractivity contribution in [2.75, 3.05) is 24.7 Å². The molecule has 3 fully saturated rings. The van der Waals surface area contributed by atoms with Gasteiger partial charge in [0.1, 0.15) is 24.4 Å². The zero-order valence-corrected chi connectivity index (χ0v) is 32.0. The van der Waals surface area contributed by atoms with Crippen LogP contribution in [0.2, 0.25) is 0 Å². The number of anilines is 2. The Morgan fingerprint density at radius 2 is 1.30 bits per heavy atom. The van der Waals surface area contributed by atoms with Crippen LogP contribution in [0.3, 0.4) is 0 Å². The van der Waals surface area contributed by atoms with Gasteiger partial charge in [-0.1, -0.05) is 15.9 Å². The van der Waals surface area contributed by atoms with Crippen LogP contribution >= 0.6 is 31.4 Å². The van der Waals surface area contributed by atoms with Crippen molar-refractivity contribution in [1.82, 2.24) is 49.2 Å². The summed E-state index contributed by atoms with van der Waals surface area (Å²) in [5, 5.41) is 16.0. The summed E-state index contributed by atoms with van der Waals surface area (Å²) in [6, 6.07) is 2.04. The van der Waals surface area contributed by atoms with E-state index >= 15 is 0 Å². The van der Waals surface area contributed by atoms with Gasteiger partial charge in [0.25, 0.3) is 21.2 Å². The zero-order chi connectivity index (χ0) is 39.9. The van der Waals surface area contributed by atoms with Crippen LogP contribution < -0.4 is 32.8 Å². The second-order valence-corrected chi connectivity index (χ2v) is 18.2. The molecule has 30 heteroatoms. The maximum atomic E-state index is 13.8. The molecular formula is C26H29BrN12O14P2S. The van der Waals surface area contributed by atoms with Crippen molar-refractivity contribution in [1.29, 1.82) is 0 Å². The Bertz CT molecular complexity index is 2680. The van der Waals surface area contributed by atoms with Crippen LogP contribution in [-0.4, -0.2) is 112 Å². The lowest BCUT2D eigenvalue weighted by atomic mass is 10.1. The fourth-order valence-corrected chi connectivity index (χ4v) is 10.1. The number of benzene rings is 1. The van der Waals surface area contributed by atoms with E-state index < -0.39 is 98.9 Å². The van der Waals surface area contributed by atoms with Crippen LogP contribution in [0.1, 0.15) is 12.5 Å². The Kier molecular flexibility index (Phi) is 9.81. The van der Waals surface area contributed by atoms with Crippen molar-refractivity contribution >= 4 is 75.8 Å². The Morgan fingerprint density at radius 1 is 0.821 bits per heavy atom. The van der Waals surface area contributed by atoms with Crippen LogP contribution in [0.25, 0.3) is 22.3 Å². The van der Waals surface area contributed by atoms with Crippen LogP contribution in [0.5, 0.6) is 0 Å². The van der Waals surface area contributed by atoms with Gasteiger partial charge in [-0.3, -0.25) is 41.9 Å². The second-order valence-electron chi connectivity index (χ2n) is 12.6. The molecule has 0 saturated carbocycles. The summed E-state index contributed by atoms with van der Waals surface area (Å²) in [5.41, 5.74) is 9.24. The highest BCUT2D eigenvalue weighted by Crippen LogP contribution is 2.48. The summed E-state index contributed by atoms with van der Waals surface area (Å²) in [7, 11) is -14.8. The first kappa shape index (κ1) is 38.9. The van der Waals surface area contributed by atoms with Gasteiger partial charge in [0.05, 0.1) is 42.8 Å². The number of aromatic nitrogens is 8. The Morgan fingerprint density at radius 3 is 1.86 bits per heavy atom. The van der Waals surface area contributed by atoms with Crippen LogP contribution in [-0.2, 0) is 42.0 Å². The zero-order valence-electron chi connectivity index (χ0n) is 27.8. The fourth-order valence-electron chi connectivity index (χ4n) is 6.50. The fraction of sp³-hybridized carbons (Fsp3) is 0.385. The lowest BCUT2D eigenvalue weighted by Crippen LogP contribution is -2.48. The van der Waals surface area contributed by atoms with Crippen LogP contribution in [0.4, 0.5) is 11.9 Å². The molecule has 0 bridgehead atoms. The van der Waals surface area contributed by atoms with E-state index in [1.807, 2.05) is 0 Å².